The predicted molar refractivity (Wildman–Crippen MR) is 233 cm³/mol. The first-order chi connectivity index (χ1) is 29.4. The van der Waals surface area contributed by atoms with Gasteiger partial charge < -0.3 is 31.1 Å². The molecule has 3 fully saturated rings. The lowest BCUT2D eigenvalue weighted by Gasteiger charge is -2.38. The van der Waals surface area contributed by atoms with Crippen molar-refractivity contribution < 1.29 is 33.8 Å². The minimum Gasteiger partial charge on any atom is -0.386 e. The number of piperidine rings is 1. The lowest BCUT2D eigenvalue weighted by Crippen LogP contribution is -2.55. The molecule has 2 aromatic heterocycles. The van der Waals surface area contributed by atoms with Gasteiger partial charge in [-0.1, -0.05) is 12.1 Å². The van der Waals surface area contributed by atoms with Gasteiger partial charge in [0.1, 0.15) is 23.6 Å². The zero-order chi connectivity index (χ0) is 44.1. The number of anilines is 2. The Morgan fingerprint density at radius 1 is 0.903 bits per heavy atom. The van der Waals surface area contributed by atoms with Gasteiger partial charge in [-0.15, -0.1) is 0 Å². The SMILES string of the molecule is CN(CC1CCC(n2cc3cc(NC(=O)c4cccc(C(C)(C)F)n4)c(C(C)(C)O)cc3n2)CC1)C1CCC(CNc2cccc3c2C(=O)N(C2CCC(O)NC2=O)C3=O)CC1. The number of hydrogen-bond donors (Lipinski definition) is 5. The van der Waals surface area contributed by atoms with E-state index in [1.54, 1.807) is 44.2 Å². The number of carbonyl (C=O) groups excluding carboxylic acids is 4. The summed E-state index contributed by atoms with van der Waals surface area (Å²) in [6.45, 7) is 7.87. The van der Waals surface area contributed by atoms with E-state index in [0.29, 0.717) is 52.5 Å². The van der Waals surface area contributed by atoms with Gasteiger partial charge in [0.25, 0.3) is 17.7 Å². The monoisotopic (exact) mass is 850 g/mol. The quantitative estimate of drug-likeness (QED) is 0.0970. The standard InChI is InChI=1S/C47H59FN8O6/c1-46(2,48)39-11-7-10-35(50-39)42(58)51-37-22-29-26-55(53-36(29)23-33(37)47(3,4)62)31-18-14-28(15-19-31)25-54(5)30-16-12-27(13-17-30)24-49-34-9-6-8-32-41(34)45(61)56(44(32)60)38-20-21-40(57)52-43(38)59/h6-11,22-23,26-28,30-31,38,40,49,57,62H,12-21,24-25H2,1-5H3,(H,51,58)(H,52,59). The minimum absolute atomic E-state index is 0.0883. The highest BCUT2D eigenvalue weighted by atomic mass is 19.1. The number of carbonyl (C=O) groups is 4. The van der Waals surface area contributed by atoms with Crippen molar-refractivity contribution in [3.63, 3.8) is 0 Å². The molecular formula is C47H59FN8O6. The molecule has 2 atom stereocenters. The van der Waals surface area contributed by atoms with Crippen molar-refractivity contribution >= 4 is 45.9 Å². The summed E-state index contributed by atoms with van der Waals surface area (Å²) in [5, 5.41) is 35.5. The number of rotatable bonds is 12. The van der Waals surface area contributed by atoms with E-state index < -0.39 is 47.2 Å². The Labute approximate surface area is 361 Å². The Morgan fingerprint density at radius 2 is 1.61 bits per heavy atom. The lowest BCUT2D eigenvalue weighted by molar-refractivity contribution is -0.131. The van der Waals surface area contributed by atoms with Crippen LogP contribution in [0.15, 0.2) is 54.7 Å². The predicted octanol–water partition coefficient (Wildman–Crippen LogP) is 6.64. The molecule has 1 saturated heterocycles. The summed E-state index contributed by atoms with van der Waals surface area (Å²) >= 11 is 0. The van der Waals surface area contributed by atoms with E-state index in [1.807, 2.05) is 29.1 Å². The summed E-state index contributed by atoms with van der Waals surface area (Å²) in [7, 11) is 2.25. The second-order valence-electron chi connectivity index (χ2n) is 19.0. The fourth-order valence-electron chi connectivity index (χ4n) is 9.92. The van der Waals surface area contributed by atoms with Crippen LogP contribution in [0.1, 0.15) is 140 Å². The molecule has 330 valence electrons. The molecule has 62 heavy (non-hydrogen) atoms. The maximum atomic E-state index is 14.6. The van der Waals surface area contributed by atoms with Gasteiger partial charge in [0, 0.05) is 47.7 Å². The molecular weight excluding hydrogens is 792 g/mol. The first kappa shape index (κ1) is 43.4. The largest absolute Gasteiger partial charge is 0.386 e. The van der Waals surface area contributed by atoms with Gasteiger partial charge in [-0.2, -0.15) is 5.10 Å². The fraction of sp³-hybridized carbons (Fsp3) is 0.532. The molecule has 4 aromatic rings. The van der Waals surface area contributed by atoms with Crippen LogP contribution in [0.3, 0.4) is 0 Å². The molecule has 14 nitrogen and oxygen atoms in total. The molecule has 2 saturated carbocycles. The second kappa shape index (κ2) is 17.1. The van der Waals surface area contributed by atoms with Gasteiger partial charge >= 0.3 is 0 Å². The Hall–Kier alpha value is -5.25. The number of fused-ring (bicyclic) bond motifs is 2. The highest BCUT2D eigenvalue weighted by molar-refractivity contribution is 6.25. The second-order valence-corrected chi connectivity index (χ2v) is 19.0. The van der Waals surface area contributed by atoms with Gasteiger partial charge in [-0.05, 0) is 147 Å². The molecule has 5 N–H and O–H groups in total. The van der Waals surface area contributed by atoms with Crippen molar-refractivity contribution in [1.82, 2.24) is 29.9 Å². The molecule has 2 unspecified atom stereocenters. The smallest absolute Gasteiger partial charge is 0.274 e. The van der Waals surface area contributed by atoms with Crippen LogP contribution >= 0.6 is 0 Å². The Morgan fingerprint density at radius 3 is 2.31 bits per heavy atom. The Bertz CT molecular complexity index is 2350. The van der Waals surface area contributed by atoms with Gasteiger partial charge in [0.2, 0.25) is 5.91 Å². The number of halogens is 1. The van der Waals surface area contributed by atoms with Crippen LogP contribution in [0, 0.1) is 11.8 Å². The lowest BCUT2D eigenvalue weighted by atomic mass is 9.83. The summed E-state index contributed by atoms with van der Waals surface area (Å²) in [6, 6.07) is 13.4. The van der Waals surface area contributed by atoms with Crippen LogP contribution in [-0.4, -0.2) is 96.9 Å². The Balaban J connectivity index is 0.824. The molecule has 15 heteroatoms. The molecule has 2 aromatic carbocycles. The highest BCUT2D eigenvalue weighted by Gasteiger charge is 2.45. The summed E-state index contributed by atoms with van der Waals surface area (Å²) in [6.07, 6.45) is 10.0. The van der Waals surface area contributed by atoms with E-state index in [2.05, 4.69) is 32.9 Å². The number of imide groups is 1. The topological polar surface area (TPSA) is 182 Å². The minimum atomic E-state index is -1.70. The summed E-state index contributed by atoms with van der Waals surface area (Å²) < 4.78 is 16.6. The number of aliphatic hydroxyl groups excluding tert-OH is 1. The third-order valence-corrected chi connectivity index (χ3v) is 13.5. The number of hydrogen-bond acceptors (Lipinski definition) is 10. The van der Waals surface area contributed by atoms with E-state index in [1.165, 1.54) is 13.8 Å². The fourth-order valence-corrected chi connectivity index (χ4v) is 9.92. The number of amides is 4. The van der Waals surface area contributed by atoms with Crippen LogP contribution in [0.25, 0.3) is 10.9 Å². The first-order valence-electron chi connectivity index (χ1n) is 22.1. The maximum absolute atomic E-state index is 14.6. The number of pyridine rings is 1. The molecule has 0 bridgehead atoms. The molecule has 2 aliphatic carbocycles. The molecule has 2 aliphatic heterocycles. The Kier molecular flexibility index (Phi) is 12.0. The van der Waals surface area contributed by atoms with Crippen LogP contribution < -0.4 is 16.0 Å². The van der Waals surface area contributed by atoms with E-state index in [4.69, 9.17) is 5.10 Å². The highest BCUT2D eigenvalue weighted by Crippen LogP contribution is 2.38. The van der Waals surface area contributed by atoms with Crippen molar-refractivity contribution in [2.24, 2.45) is 11.8 Å². The number of aliphatic hydroxyl groups is 2. The number of alkyl halides is 1. The van der Waals surface area contributed by atoms with Crippen molar-refractivity contribution in [3.05, 3.63) is 82.8 Å². The molecule has 0 radical (unpaired) electrons. The number of nitrogens with one attached hydrogen (secondary N) is 3. The van der Waals surface area contributed by atoms with Crippen LogP contribution in [-0.2, 0) is 16.1 Å². The summed E-state index contributed by atoms with van der Waals surface area (Å²) in [4.78, 5) is 60.6. The number of aromatic nitrogens is 3. The van der Waals surface area contributed by atoms with Crippen molar-refractivity contribution in [2.75, 3.05) is 30.8 Å². The average molecular weight is 851 g/mol. The third-order valence-electron chi connectivity index (χ3n) is 13.5. The molecule has 4 aliphatic rings. The van der Waals surface area contributed by atoms with E-state index in [0.717, 1.165) is 73.7 Å². The van der Waals surface area contributed by atoms with Gasteiger partial charge in [-0.25, -0.2) is 9.37 Å². The van der Waals surface area contributed by atoms with Crippen molar-refractivity contribution in [1.29, 1.82) is 0 Å². The van der Waals surface area contributed by atoms with Crippen molar-refractivity contribution in [3.8, 4) is 0 Å². The molecule has 8 rings (SSSR count). The zero-order valence-corrected chi connectivity index (χ0v) is 36.3. The van der Waals surface area contributed by atoms with E-state index in [9.17, 15) is 33.8 Å². The van der Waals surface area contributed by atoms with Gasteiger partial charge in [0.05, 0.1) is 34.0 Å². The normalized spacial score (nSPS) is 24.7. The van der Waals surface area contributed by atoms with Crippen LogP contribution in [0.2, 0.25) is 0 Å². The number of nitrogens with zero attached hydrogens (tertiary/aromatic N) is 5. The maximum Gasteiger partial charge on any atom is 0.274 e. The van der Waals surface area contributed by atoms with Crippen LogP contribution in [0.4, 0.5) is 15.8 Å². The average Bonchev–Trinajstić information content (AvgIpc) is 3.77. The zero-order valence-electron chi connectivity index (χ0n) is 36.3. The van der Waals surface area contributed by atoms with Crippen LogP contribution in [0.5, 0.6) is 0 Å². The third kappa shape index (κ3) is 8.98. The van der Waals surface area contributed by atoms with Gasteiger partial charge in [-0.3, -0.25) is 28.8 Å². The van der Waals surface area contributed by atoms with Crippen molar-refractivity contribution in [2.45, 2.75) is 128 Å². The van der Waals surface area contributed by atoms with E-state index in [-0.39, 0.29) is 30.3 Å². The first-order valence-corrected chi connectivity index (χ1v) is 22.1. The summed E-state index contributed by atoms with van der Waals surface area (Å²) in [5.74, 6) is -0.931. The molecule has 0 spiro atoms. The van der Waals surface area contributed by atoms with Gasteiger partial charge in [0.15, 0.2) is 0 Å². The molecule has 4 heterocycles. The van der Waals surface area contributed by atoms with E-state index >= 15 is 0 Å². The molecule has 4 amide bonds. The summed E-state index contributed by atoms with van der Waals surface area (Å²) in [5.41, 5.74) is 0.240. The number of benzene rings is 2.